The van der Waals surface area contributed by atoms with Crippen molar-refractivity contribution in [2.24, 2.45) is 0 Å². The van der Waals surface area contributed by atoms with Gasteiger partial charge in [0.25, 0.3) is 5.91 Å². The number of piperidine rings is 2. The number of amides is 1. The second kappa shape index (κ2) is 11.6. The quantitative estimate of drug-likeness (QED) is 0.523. The molecule has 0 N–H and O–H groups in total. The SMILES string of the molecule is Cc1cc(COc2ncnc(C(=O)N3CCC(N4CCC(N(C)S(C)(=O)=O)CC4)CC3)c2C)ccc1Cl. The van der Waals surface area contributed by atoms with Crippen molar-refractivity contribution in [2.75, 3.05) is 39.5 Å². The Morgan fingerprint density at radius 2 is 1.78 bits per heavy atom. The van der Waals surface area contributed by atoms with Crippen LogP contribution in [0.4, 0.5) is 0 Å². The molecule has 3 heterocycles. The first-order valence-corrected chi connectivity index (χ1v) is 14.9. The molecule has 2 aliphatic rings. The lowest BCUT2D eigenvalue weighted by molar-refractivity contribution is 0.0542. The number of likely N-dealkylation sites (tertiary alicyclic amines) is 2. The minimum atomic E-state index is -3.17. The summed E-state index contributed by atoms with van der Waals surface area (Å²) < 4.78 is 31.1. The van der Waals surface area contributed by atoms with Crippen molar-refractivity contribution in [1.82, 2.24) is 24.1 Å². The monoisotopic (exact) mass is 549 g/mol. The molecule has 2 aliphatic heterocycles. The number of hydrogen-bond acceptors (Lipinski definition) is 7. The number of benzene rings is 1. The van der Waals surface area contributed by atoms with Crippen LogP contribution in [-0.2, 0) is 16.6 Å². The van der Waals surface area contributed by atoms with E-state index in [1.807, 2.05) is 36.9 Å². The van der Waals surface area contributed by atoms with Crippen LogP contribution in [0.2, 0.25) is 5.02 Å². The molecule has 1 aromatic heterocycles. The van der Waals surface area contributed by atoms with Gasteiger partial charge in [0.2, 0.25) is 15.9 Å². The van der Waals surface area contributed by atoms with Gasteiger partial charge in [-0.1, -0.05) is 23.7 Å². The van der Waals surface area contributed by atoms with Gasteiger partial charge >= 0.3 is 0 Å². The molecule has 2 saturated heterocycles. The lowest BCUT2D eigenvalue weighted by Crippen LogP contribution is -2.52. The van der Waals surface area contributed by atoms with Gasteiger partial charge in [0.05, 0.1) is 6.26 Å². The van der Waals surface area contributed by atoms with Gasteiger partial charge in [-0.25, -0.2) is 22.7 Å². The van der Waals surface area contributed by atoms with Crippen molar-refractivity contribution >= 4 is 27.5 Å². The molecular weight excluding hydrogens is 514 g/mol. The number of rotatable bonds is 7. The number of ether oxygens (including phenoxy) is 1. The van der Waals surface area contributed by atoms with E-state index in [0.29, 0.717) is 47.9 Å². The molecule has 0 unspecified atom stereocenters. The second-order valence-corrected chi connectivity index (χ2v) is 12.5. The van der Waals surface area contributed by atoms with E-state index in [0.717, 1.165) is 49.9 Å². The summed E-state index contributed by atoms with van der Waals surface area (Å²) in [7, 11) is -1.50. The Bertz CT molecular complexity index is 1230. The fraction of sp³-hybridized carbons (Fsp3) is 0.577. The Kier molecular flexibility index (Phi) is 8.73. The Balaban J connectivity index is 1.31. The molecule has 9 nitrogen and oxygen atoms in total. The molecule has 0 atom stereocenters. The first kappa shape index (κ1) is 27.8. The largest absolute Gasteiger partial charge is 0.473 e. The van der Waals surface area contributed by atoms with E-state index >= 15 is 0 Å². The predicted molar refractivity (Wildman–Crippen MR) is 143 cm³/mol. The summed E-state index contributed by atoms with van der Waals surface area (Å²) in [5, 5.41) is 0.711. The Morgan fingerprint density at radius 3 is 2.41 bits per heavy atom. The van der Waals surface area contributed by atoms with Crippen LogP contribution in [0.25, 0.3) is 0 Å². The highest BCUT2D eigenvalue weighted by Crippen LogP contribution is 2.26. The van der Waals surface area contributed by atoms with Crippen LogP contribution in [0.3, 0.4) is 0 Å². The molecule has 0 spiro atoms. The first-order chi connectivity index (χ1) is 17.5. The Morgan fingerprint density at radius 1 is 1.11 bits per heavy atom. The third kappa shape index (κ3) is 6.60. The van der Waals surface area contributed by atoms with Crippen molar-refractivity contribution in [3.63, 3.8) is 0 Å². The van der Waals surface area contributed by atoms with E-state index in [9.17, 15) is 13.2 Å². The van der Waals surface area contributed by atoms with E-state index in [1.165, 1.54) is 16.9 Å². The van der Waals surface area contributed by atoms with E-state index in [1.54, 1.807) is 7.05 Å². The van der Waals surface area contributed by atoms with Gasteiger partial charge in [-0.2, -0.15) is 0 Å². The summed E-state index contributed by atoms with van der Waals surface area (Å²) in [6, 6.07) is 6.20. The molecule has 1 aromatic carbocycles. The summed E-state index contributed by atoms with van der Waals surface area (Å²) in [4.78, 5) is 26.2. The summed E-state index contributed by atoms with van der Waals surface area (Å²) in [5.41, 5.74) is 2.96. The topological polar surface area (TPSA) is 95.9 Å². The van der Waals surface area contributed by atoms with Gasteiger partial charge in [-0.05, 0) is 69.8 Å². The van der Waals surface area contributed by atoms with Gasteiger partial charge in [0.15, 0.2) is 0 Å². The third-order valence-electron chi connectivity index (χ3n) is 7.64. The molecular formula is C26H36ClN5O4S. The van der Waals surface area contributed by atoms with Crippen LogP contribution < -0.4 is 4.74 Å². The average molecular weight is 550 g/mol. The Labute approximate surface area is 224 Å². The summed E-state index contributed by atoms with van der Waals surface area (Å²) in [6.07, 6.45) is 6.10. The lowest BCUT2D eigenvalue weighted by Gasteiger charge is -2.43. The first-order valence-electron chi connectivity index (χ1n) is 12.7. The second-order valence-electron chi connectivity index (χ2n) is 10.1. The number of carbonyl (C=O) groups is 1. The zero-order chi connectivity index (χ0) is 26.7. The zero-order valence-corrected chi connectivity index (χ0v) is 23.6. The molecule has 1 amide bonds. The predicted octanol–water partition coefficient (Wildman–Crippen LogP) is 3.29. The molecule has 2 aromatic rings. The van der Waals surface area contributed by atoms with Crippen LogP contribution in [0.1, 0.15) is 52.9 Å². The minimum Gasteiger partial charge on any atom is -0.473 e. The number of nitrogens with zero attached hydrogens (tertiary/aromatic N) is 5. The van der Waals surface area contributed by atoms with E-state index < -0.39 is 10.0 Å². The zero-order valence-electron chi connectivity index (χ0n) is 22.0. The molecule has 2 fully saturated rings. The Hall–Kier alpha value is -2.27. The molecule has 0 bridgehead atoms. The van der Waals surface area contributed by atoms with Gasteiger partial charge in [0, 0.05) is 42.8 Å². The number of hydrogen-bond donors (Lipinski definition) is 0. The van der Waals surface area contributed by atoms with Gasteiger partial charge in [-0.15, -0.1) is 0 Å². The van der Waals surface area contributed by atoms with Crippen LogP contribution in [-0.4, -0.2) is 90.0 Å². The molecule has 37 heavy (non-hydrogen) atoms. The van der Waals surface area contributed by atoms with Crippen molar-refractivity contribution in [1.29, 1.82) is 0 Å². The standard InChI is InChI=1S/C26H36ClN5O4S/c1-18-15-20(5-6-23(18)27)16-36-25-19(2)24(28-17-29-25)26(33)32-13-9-22(10-14-32)31-11-7-21(8-12-31)30(3)37(4,34)35/h5-6,15,17,21-22H,7-14,16H2,1-4H3. The van der Waals surface area contributed by atoms with Crippen LogP contribution in [0, 0.1) is 13.8 Å². The molecule has 0 aliphatic carbocycles. The molecule has 11 heteroatoms. The van der Waals surface area contributed by atoms with E-state index in [-0.39, 0.29) is 11.9 Å². The fourth-order valence-corrected chi connectivity index (χ4v) is 6.08. The normalized spacial score (nSPS) is 18.4. The summed E-state index contributed by atoms with van der Waals surface area (Å²) >= 11 is 6.11. The van der Waals surface area contributed by atoms with Crippen molar-refractivity contribution in [3.8, 4) is 5.88 Å². The molecule has 0 saturated carbocycles. The number of aryl methyl sites for hydroxylation is 1. The highest BCUT2D eigenvalue weighted by atomic mass is 35.5. The van der Waals surface area contributed by atoms with E-state index in [2.05, 4.69) is 14.9 Å². The number of aromatic nitrogens is 2. The summed E-state index contributed by atoms with van der Waals surface area (Å²) in [6.45, 7) is 7.17. The van der Waals surface area contributed by atoms with Crippen molar-refractivity contribution in [2.45, 2.75) is 58.2 Å². The van der Waals surface area contributed by atoms with Crippen LogP contribution >= 0.6 is 11.6 Å². The smallest absolute Gasteiger partial charge is 0.272 e. The van der Waals surface area contributed by atoms with Gasteiger partial charge < -0.3 is 14.5 Å². The maximum Gasteiger partial charge on any atom is 0.272 e. The van der Waals surface area contributed by atoms with Crippen LogP contribution in [0.5, 0.6) is 5.88 Å². The van der Waals surface area contributed by atoms with Crippen molar-refractivity contribution in [3.05, 3.63) is 51.9 Å². The number of sulfonamides is 1. The lowest BCUT2D eigenvalue weighted by atomic mass is 9.97. The van der Waals surface area contributed by atoms with Crippen molar-refractivity contribution < 1.29 is 17.9 Å². The number of carbonyl (C=O) groups excluding carboxylic acids is 1. The highest BCUT2D eigenvalue weighted by molar-refractivity contribution is 7.88. The van der Waals surface area contributed by atoms with Gasteiger partial charge in [0.1, 0.15) is 18.6 Å². The maximum atomic E-state index is 13.3. The fourth-order valence-electron chi connectivity index (χ4n) is 5.21. The third-order valence-corrected chi connectivity index (χ3v) is 9.41. The van der Waals surface area contributed by atoms with Crippen LogP contribution in [0.15, 0.2) is 24.5 Å². The summed E-state index contributed by atoms with van der Waals surface area (Å²) in [5.74, 6) is 0.307. The molecule has 4 rings (SSSR count). The average Bonchev–Trinajstić information content (AvgIpc) is 2.89. The van der Waals surface area contributed by atoms with Gasteiger partial charge in [-0.3, -0.25) is 4.79 Å². The molecule has 0 radical (unpaired) electrons. The maximum absolute atomic E-state index is 13.3. The molecule has 202 valence electrons. The minimum absolute atomic E-state index is 0.0637. The highest BCUT2D eigenvalue weighted by Gasteiger charge is 2.33. The number of halogens is 1. The van der Waals surface area contributed by atoms with E-state index in [4.69, 9.17) is 16.3 Å².